The smallest absolute Gasteiger partial charge is 0.0991 e. The van der Waals surface area contributed by atoms with Gasteiger partial charge in [-0.2, -0.15) is 5.26 Å². The van der Waals surface area contributed by atoms with Crippen LogP contribution in [0.1, 0.15) is 27.7 Å². The molecule has 0 unspecified atom stereocenters. The van der Waals surface area contributed by atoms with Crippen LogP contribution < -0.4 is 5.19 Å². The van der Waals surface area contributed by atoms with E-state index in [9.17, 15) is 0 Å². The van der Waals surface area contributed by atoms with Crippen molar-refractivity contribution in [2.45, 2.75) is 39.9 Å². The standard InChI is InChI=1S/C19H24N2Si/c1-14(2)10-17-11-18(21-13-19(17)22(3,4)5)16-8-6-15(12-20)7-9-16/h6-9,11,13-14H,10H2,1-5H3/i10D2. The fraction of sp³-hybridized carbons (Fsp3) is 0.368. The summed E-state index contributed by atoms with van der Waals surface area (Å²) >= 11 is 0. The van der Waals surface area contributed by atoms with Gasteiger partial charge in [-0.05, 0) is 41.2 Å². The second kappa shape index (κ2) is 6.45. The fourth-order valence-electron chi connectivity index (χ4n) is 2.36. The summed E-state index contributed by atoms with van der Waals surface area (Å²) < 4.78 is 17.2. The minimum absolute atomic E-state index is 0.121. The van der Waals surface area contributed by atoms with Crippen LogP contribution in [-0.2, 0) is 6.37 Å². The van der Waals surface area contributed by atoms with Crippen LogP contribution in [0, 0.1) is 17.2 Å². The molecule has 2 nitrogen and oxygen atoms in total. The average Bonchev–Trinajstić information content (AvgIpc) is 2.53. The number of hydrogen-bond donors (Lipinski definition) is 0. The topological polar surface area (TPSA) is 36.7 Å². The molecule has 0 fully saturated rings. The molecule has 1 heterocycles. The van der Waals surface area contributed by atoms with E-state index in [4.69, 9.17) is 8.00 Å². The molecule has 114 valence electrons. The molecule has 0 amide bonds. The van der Waals surface area contributed by atoms with Crippen LogP contribution in [0.25, 0.3) is 11.3 Å². The number of nitrogens with zero attached hydrogens (tertiary/aromatic N) is 2. The monoisotopic (exact) mass is 310 g/mol. The van der Waals surface area contributed by atoms with Crippen molar-refractivity contribution in [3.63, 3.8) is 0 Å². The first-order chi connectivity index (χ1) is 11.1. The van der Waals surface area contributed by atoms with Crippen molar-refractivity contribution in [3.8, 4) is 17.3 Å². The molecule has 1 aromatic heterocycles. The Kier molecular flexibility index (Phi) is 4.03. The second-order valence-electron chi connectivity index (χ2n) is 6.85. The Labute approximate surface area is 137 Å². The number of pyridine rings is 1. The molecule has 0 saturated heterocycles. The van der Waals surface area contributed by atoms with Gasteiger partial charge in [0.15, 0.2) is 0 Å². The van der Waals surface area contributed by atoms with Gasteiger partial charge in [0.1, 0.15) is 0 Å². The summed E-state index contributed by atoms with van der Waals surface area (Å²) in [6, 6.07) is 11.3. The van der Waals surface area contributed by atoms with Crippen LogP contribution in [0.15, 0.2) is 36.5 Å². The maximum absolute atomic E-state index is 8.93. The third-order valence-electron chi connectivity index (χ3n) is 3.47. The summed E-state index contributed by atoms with van der Waals surface area (Å²) in [7, 11) is -1.72. The van der Waals surface area contributed by atoms with E-state index in [0.717, 1.165) is 22.0 Å². The molecule has 1 aromatic carbocycles. The Morgan fingerprint density at radius 3 is 2.36 bits per heavy atom. The van der Waals surface area contributed by atoms with E-state index in [1.807, 2.05) is 38.2 Å². The summed E-state index contributed by atoms with van der Waals surface area (Å²) in [5, 5.41) is 9.99. The molecule has 0 bridgehead atoms. The van der Waals surface area contributed by atoms with Crippen LogP contribution >= 0.6 is 0 Å². The summed E-state index contributed by atoms with van der Waals surface area (Å²) in [5.74, 6) is -0.121. The molecule has 0 aliphatic rings. The van der Waals surface area contributed by atoms with Gasteiger partial charge in [-0.25, -0.2) is 0 Å². The third-order valence-corrected chi connectivity index (χ3v) is 5.48. The SMILES string of the molecule is [2H]C([2H])(c1cc(-c2ccc(C#N)cc2)ncc1[Si](C)(C)C)C(C)C. The predicted molar refractivity (Wildman–Crippen MR) is 95.9 cm³/mol. The van der Waals surface area contributed by atoms with Crippen LogP contribution in [-0.4, -0.2) is 13.1 Å². The van der Waals surface area contributed by atoms with Crippen LogP contribution in [0.2, 0.25) is 19.6 Å². The maximum Gasteiger partial charge on any atom is 0.0991 e. The van der Waals surface area contributed by atoms with Gasteiger partial charge in [-0.15, -0.1) is 0 Å². The van der Waals surface area contributed by atoms with E-state index >= 15 is 0 Å². The summed E-state index contributed by atoms with van der Waals surface area (Å²) in [5.41, 5.74) is 3.01. The number of aromatic nitrogens is 1. The van der Waals surface area contributed by atoms with Crippen molar-refractivity contribution < 1.29 is 2.74 Å². The molecule has 0 radical (unpaired) electrons. The van der Waals surface area contributed by atoms with Crippen LogP contribution in [0.3, 0.4) is 0 Å². The Balaban J connectivity index is 2.63. The van der Waals surface area contributed by atoms with Gasteiger partial charge in [-0.3, -0.25) is 4.98 Å². The molecule has 0 N–H and O–H groups in total. The van der Waals surface area contributed by atoms with Crippen molar-refractivity contribution in [1.82, 2.24) is 4.98 Å². The number of hydrogen-bond acceptors (Lipinski definition) is 2. The fourth-order valence-corrected chi connectivity index (χ4v) is 3.76. The van der Waals surface area contributed by atoms with E-state index in [2.05, 4.69) is 30.7 Å². The molecule has 0 aliphatic carbocycles. The van der Waals surface area contributed by atoms with Crippen molar-refractivity contribution in [2.75, 3.05) is 0 Å². The molecule has 0 aliphatic heterocycles. The molecule has 0 spiro atoms. The molecule has 0 saturated carbocycles. The molecule has 0 atom stereocenters. The van der Waals surface area contributed by atoms with Crippen molar-refractivity contribution in [2.24, 2.45) is 5.92 Å². The zero-order valence-corrected chi connectivity index (χ0v) is 14.9. The number of benzene rings is 1. The number of rotatable bonds is 4. The molecule has 2 rings (SSSR count). The highest BCUT2D eigenvalue weighted by molar-refractivity contribution is 6.89. The summed E-state index contributed by atoms with van der Waals surface area (Å²) in [4.78, 5) is 4.59. The van der Waals surface area contributed by atoms with E-state index < -0.39 is 14.4 Å². The minimum Gasteiger partial charge on any atom is -0.256 e. The van der Waals surface area contributed by atoms with E-state index in [0.29, 0.717) is 5.56 Å². The highest BCUT2D eigenvalue weighted by Gasteiger charge is 2.21. The van der Waals surface area contributed by atoms with Gasteiger partial charge < -0.3 is 0 Å². The van der Waals surface area contributed by atoms with Gasteiger partial charge in [0.05, 0.1) is 25.4 Å². The van der Waals surface area contributed by atoms with Gasteiger partial charge in [0.25, 0.3) is 0 Å². The Morgan fingerprint density at radius 1 is 1.23 bits per heavy atom. The normalized spacial score (nSPS) is 13.5. The molecule has 22 heavy (non-hydrogen) atoms. The lowest BCUT2D eigenvalue weighted by molar-refractivity contribution is 0.649. The lowest BCUT2D eigenvalue weighted by Crippen LogP contribution is -2.40. The maximum atomic E-state index is 8.93. The van der Waals surface area contributed by atoms with Crippen molar-refractivity contribution in [3.05, 3.63) is 47.7 Å². The lowest BCUT2D eigenvalue weighted by atomic mass is 10.0. The van der Waals surface area contributed by atoms with E-state index in [1.54, 1.807) is 12.1 Å². The second-order valence-corrected chi connectivity index (χ2v) is 11.9. The third kappa shape index (κ3) is 3.83. The quantitative estimate of drug-likeness (QED) is 0.787. The van der Waals surface area contributed by atoms with Crippen molar-refractivity contribution >= 4 is 13.3 Å². The first kappa shape index (κ1) is 13.7. The molecular weight excluding hydrogens is 284 g/mol. The number of nitriles is 1. The largest absolute Gasteiger partial charge is 0.256 e. The van der Waals surface area contributed by atoms with Gasteiger partial charge in [0.2, 0.25) is 0 Å². The minimum atomic E-state index is -1.72. The Hall–Kier alpha value is -1.92. The molecular formula is C19H24N2Si. The van der Waals surface area contributed by atoms with Gasteiger partial charge in [-0.1, -0.05) is 45.6 Å². The van der Waals surface area contributed by atoms with Gasteiger partial charge >= 0.3 is 0 Å². The molecule has 2 aromatic rings. The Morgan fingerprint density at radius 2 is 1.86 bits per heavy atom. The highest BCUT2D eigenvalue weighted by atomic mass is 28.3. The lowest BCUT2D eigenvalue weighted by Gasteiger charge is -2.22. The van der Waals surface area contributed by atoms with Crippen LogP contribution in [0.4, 0.5) is 0 Å². The summed E-state index contributed by atoms with van der Waals surface area (Å²) in [6.07, 6.45) is 0.454. The molecule has 3 heteroatoms. The Bertz CT molecular complexity index is 769. The predicted octanol–water partition coefficient (Wildman–Crippen LogP) is 4.36. The van der Waals surface area contributed by atoms with E-state index in [1.165, 1.54) is 0 Å². The first-order valence-corrected chi connectivity index (χ1v) is 11.1. The average molecular weight is 311 g/mol. The van der Waals surface area contributed by atoms with Crippen molar-refractivity contribution in [1.29, 1.82) is 5.26 Å². The zero-order valence-electron chi connectivity index (χ0n) is 15.9. The zero-order chi connectivity index (χ0) is 18.1. The van der Waals surface area contributed by atoms with Crippen LogP contribution in [0.5, 0.6) is 0 Å². The van der Waals surface area contributed by atoms with Gasteiger partial charge in [0, 0.05) is 14.5 Å². The summed E-state index contributed by atoms with van der Waals surface area (Å²) in [6.45, 7) is 10.5. The highest BCUT2D eigenvalue weighted by Crippen LogP contribution is 2.21. The van der Waals surface area contributed by atoms with E-state index in [-0.39, 0.29) is 5.92 Å². The first-order valence-electron chi connectivity index (χ1n) is 8.59.